The number of carbonyl (C=O) groups is 1. The minimum atomic E-state index is -0.307. The van der Waals surface area contributed by atoms with Gasteiger partial charge in [-0.2, -0.15) is 5.48 Å². The Hall–Kier alpha value is -0.570. The van der Waals surface area contributed by atoms with Gasteiger partial charge in [0.25, 0.3) is 0 Å². The molecule has 0 aliphatic carbocycles. The second kappa shape index (κ2) is 3.43. The van der Waals surface area contributed by atoms with Gasteiger partial charge in [-0.1, -0.05) is 0 Å². The van der Waals surface area contributed by atoms with Gasteiger partial charge in [-0.3, -0.25) is 4.79 Å². The molecule has 0 aliphatic rings. The van der Waals surface area contributed by atoms with Crippen molar-refractivity contribution in [3.63, 3.8) is 0 Å². The predicted octanol–water partition coefficient (Wildman–Crippen LogP) is 0.463. The van der Waals surface area contributed by atoms with Crippen LogP contribution in [0, 0.1) is 0 Å². The Morgan fingerprint density at radius 3 is 2.25 bits per heavy atom. The van der Waals surface area contributed by atoms with E-state index in [4.69, 9.17) is 0 Å². The fourth-order valence-electron chi connectivity index (χ4n) is 0.201. The van der Waals surface area contributed by atoms with Gasteiger partial charge < -0.3 is 4.84 Å². The van der Waals surface area contributed by atoms with Crippen LogP contribution in [0.1, 0.15) is 20.8 Å². The van der Waals surface area contributed by atoms with Gasteiger partial charge in [-0.05, 0) is 13.8 Å². The van der Waals surface area contributed by atoms with E-state index in [1.54, 1.807) is 0 Å². The Kier molecular flexibility index (Phi) is 3.19. The first-order valence-corrected chi connectivity index (χ1v) is 2.56. The van der Waals surface area contributed by atoms with Crippen molar-refractivity contribution in [2.75, 3.05) is 0 Å². The maximum Gasteiger partial charge on any atom is 0.321 e. The second-order valence-electron chi connectivity index (χ2n) is 1.87. The number of rotatable bonds is 2. The van der Waals surface area contributed by atoms with E-state index in [-0.39, 0.29) is 12.0 Å². The first-order valence-electron chi connectivity index (χ1n) is 2.56. The highest BCUT2D eigenvalue weighted by Crippen LogP contribution is 1.76. The number of hydrogen-bond acceptors (Lipinski definition) is 3. The van der Waals surface area contributed by atoms with Gasteiger partial charge in [0.1, 0.15) is 0 Å². The van der Waals surface area contributed by atoms with E-state index in [9.17, 15) is 4.79 Å². The van der Waals surface area contributed by atoms with Gasteiger partial charge >= 0.3 is 5.97 Å². The van der Waals surface area contributed by atoms with Crippen molar-refractivity contribution >= 4 is 5.97 Å². The lowest BCUT2D eigenvalue weighted by atomic mass is 10.4. The predicted molar refractivity (Wildman–Crippen MR) is 30.0 cm³/mol. The molecule has 0 amide bonds. The molecule has 0 bridgehead atoms. The van der Waals surface area contributed by atoms with Crippen molar-refractivity contribution in [3.8, 4) is 0 Å². The van der Waals surface area contributed by atoms with E-state index < -0.39 is 0 Å². The molecular weight excluding hydrogens is 106 g/mol. The van der Waals surface area contributed by atoms with Gasteiger partial charge in [-0.25, -0.2) is 0 Å². The maximum absolute atomic E-state index is 10.1. The quantitative estimate of drug-likeness (QED) is 0.534. The van der Waals surface area contributed by atoms with Crippen LogP contribution in [0.4, 0.5) is 0 Å². The standard InChI is InChI=1S/C5H11NO2/c1-4(2)6-8-5(3)7/h4,6H,1-3H3. The Bertz CT molecular complexity index is 80.5. The molecular formula is C5H11NO2. The van der Waals surface area contributed by atoms with E-state index in [1.165, 1.54) is 6.92 Å². The van der Waals surface area contributed by atoms with Crippen LogP contribution in [-0.4, -0.2) is 12.0 Å². The van der Waals surface area contributed by atoms with Crippen LogP contribution >= 0.6 is 0 Å². The molecule has 1 N–H and O–H groups in total. The van der Waals surface area contributed by atoms with Crippen LogP contribution in [0.5, 0.6) is 0 Å². The van der Waals surface area contributed by atoms with Crippen molar-refractivity contribution in [2.24, 2.45) is 0 Å². The molecule has 0 atom stereocenters. The lowest BCUT2D eigenvalue weighted by Crippen LogP contribution is -2.25. The largest absolute Gasteiger partial charge is 0.371 e. The SMILES string of the molecule is CC(=O)ONC(C)C. The third-order valence-corrected chi connectivity index (χ3v) is 0.438. The lowest BCUT2D eigenvalue weighted by molar-refractivity contribution is -0.149. The van der Waals surface area contributed by atoms with Crippen LogP contribution in [0.2, 0.25) is 0 Å². The number of hydrogen-bond donors (Lipinski definition) is 1. The molecule has 48 valence electrons. The number of carbonyl (C=O) groups excluding carboxylic acids is 1. The zero-order chi connectivity index (χ0) is 6.57. The van der Waals surface area contributed by atoms with Gasteiger partial charge in [0.15, 0.2) is 0 Å². The highest BCUT2D eigenvalue weighted by Gasteiger charge is 1.92. The van der Waals surface area contributed by atoms with Crippen molar-refractivity contribution in [2.45, 2.75) is 26.8 Å². The van der Waals surface area contributed by atoms with Gasteiger partial charge in [0.05, 0.1) is 0 Å². The van der Waals surface area contributed by atoms with E-state index in [0.29, 0.717) is 0 Å². The Morgan fingerprint density at radius 1 is 1.62 bits per heavy atom. The van der Waals surface area contributed by atoms with Crippen LogP contribution in [0.15, 0.2) is 0 Å². The fraction of sp³-hybridized carbons (Fsp3) is 0.800. The minimum Gasteiger partial charge on any atom is -0.371 e. The van der Waals surface area contributed by atoms with Gasteiger partial charge in [0.2, 0.25) is 0 Å². The molecule has 0 aromatic heterocycles. The van der Waals surface area contributed by atoms with Gasteiger partial charge in [-0.15, -0.1) is 0 Å². The summed E-state index contributed by atoms with van der Waals surface area (Å²) in [5.41, 5.74) is 2.50. The molecule has 8 heavy (non-hydrogen) atoms. The normalized spacial score (nSPS) is 9.50. The summed E-state index contributed by atoms with van der Waals surface area (Å²) >= 11 is 0. The van der Waals surface area contributed by atoms with Crippen LogP contribution in [0.3, 0.4) is 0 Å². The van der Waals surface area contributed by atoms with Crippen molar-refractivity contribution in [1.82, 2.24) is 5.48 Å². The summed E-state index contributed by atoms with van der Waals surface area (Å²) in [5.74, 6) is -0.307. The first kappa shape index (κ1) is 7.43. The summed E-state index contributed by atoms with van der Waals surface area (Å²) in [6, 6.07) is 0.193. The number of hydroxylamine groups is 1. The lowest BCUT2D eigenvalue weighted by Gasteiger charge is -2.04. The zero-order valence-corrected chi connectivity index (χ0v) is 5.39. The molecule has 0 aromatic rings. The molecule has 0 spiro atoms. The molecule has 0 aliphatic heterocycles. The molecule has 0 aromatic carbocycles. The smallest absolute Gasteiger partial charge is 0.321 e. The molecule has 0 rings (SSSR count). The Morgan fingerprint density at radius 2 is 2.12 bits per heavy atom. The molecule has 0 fully saturated rings. The molecule has 0 heterocycles. The monoisotopic (exact) mass is 117 g/mol. The minimum absolute atomic E-state index is 0.193. The summed E-state index contributed by atoms with van der Waals surface area (Å²) < 4.78 is 0. The summed E-state index contributed by atoms with van der Waals surface area (Å²) in [6.07, 6.45) is 0. The van der Waals surface area contributed by atoms with Crippen molar-refractivity contribution in [3.05, 3.63) is 0 Å². The van der Waals surface area contributed by atoms with E-state index in [2.05, 4.69) is 10.3 Å². The van der Waals surface area contributed by atoms with Gasteiger partial charge in [0, 0.05) is 13.0 Å². The molecule has 3 heteroatoms. The average Bonchev–Trinajstić information content (AvgIpc) is 1.61. The van der Waals surface area contributed by atoms with E-state index >= 15 is 0 Å². The third-order valence-electron chi connectivity index (χ3n) is 0.438. The number of nitrogens with one attached hydrogen (secondary N) is 1. The Balaban J connectivity index is 3.05. The maximum atomic E-state index is 10.1. The highest BCUT2D eigenvalue weighted by atomic mass is 16.7. The fourth-order valence-corrected chi connectivity index (χ4v) is 0.201. The topological polar surface area (TPSA) is 38.3 Å². The van der Waals surface area contributed by atoms with Crippen LogP contribution in [-0.2, 0) is 9.63 Å². The summed E-state index contributed by atoms with van der Waals surface area (Å²) in [4.78, 5) is 14.5. The molecule has 0 unspecified atom stereocenters. The highest BCUT2D eigenvalue weighted by molar-refractivity contribution is 5.65. The first-order chi connectivity index (χ1) is 3.63. The second-order valence-corrected chi connectivity index (χ2v) is 1.87. The molecule has 0 saturated carbocycles. The van der Waals surface area contributed by atoms with Crippen LogP contribution < -0.4 is 5.48 Å². The summed E-state index contributed by atoms with van der Waals surface area (Å²) in [6.45, 7) is 5.14. The zero-order valence-electron chi connectivity index (χ0n) is 5.39. The van der Waals surface area contributed by atoms with Crippen molar-refractivity contribution < 1.29 is 9.63 Å². The summed E-state index contributed by atoms with van der Waals surface area (Å²) in [5, 5.41) is 0. The van der Waals surface area contributed by atoms with Crippen LogP contribution in [0.25, 0.3) is 0 Å². The van der Waals surface area contributed by atoms with Crippen molar-refractivity contribution in [1.29, 1.82) is 0 Å². The molecule has 0 radical (unpaired) electrons. The molecule has 0 saturated heterocycles. The van der Waals surface area contributed by atoms with E-state index in [1.807, 2.05) is 13.8 Å². The van der Waals surface area contributed by atoms with E-state index in [0.717, 1.165) is 0 Å². The third kappa shape index (κ3) is 5.43. The Labute approximate surface area is 49.0 Å². The molecule has 3 nitrogen and oxygen atoms in total. The summed E-state index contributed by atoms with van der Waals surface area (Å²) in [7, 11) is 0. The average molecular weight is 117 g/mol.